The van der Waals surface area contributed by atoms with Crippen molar-refractivity contribution in [1.29, 1.82) is 0 Å². The molecule has 3 aromatic rings. The van der Waals surface area contributed by atoms with E-state index in [1.807, 2.05) is 54.6 Å². The first-order valence-corrected chi connectivity index (χ1v) is 11.2. The summed E-state index contributed by atoms with van der Waals surface area (Å²) in [6.07, 6.45) is 1.58. The van der Waals surface area contributed by atoms with Gasteiger partial charge in [0.1, 0.15) is 0 Å². The summed E-state index contributed by atoms with van der Waals surface area (Å²) >= 11 is 3.45. The number of hydrogen-bond acceptors (Lipinski definition) is 4. The van der Waals surface area contributed by atoms with Gasteiger partial charge in [-0.1, -0.05) is 58.4 Å². The molecule has 0 radical (unpaired) electrons. The molecule has 0 spiro atoms. The fraction of sp³-hybridized carbons (Fsp3) is 0.292. The molecule has 1 aromatic heterocycles. The van der Waals surface area contributed by atoms with Crippen LogP contribution in [-0.2, 0) is 22.7 Å². The number of nitrogens with zero attached hydrogens (tertiary/aromatic N) is 2. The highest BCUT2D eigenvalue weighted by Crippen LogP contribution is 2.38. The number of halogens is 1. The van der Waals surface area contributed by atoms with Gasteiger partial charge in [0.2, 0.25) is 0 Å². The Morgan fingerprint density at radius 3 is 2.44 bits per heavy atom. The van der Waals surface area contributed by atoms with E-state index in [-0.39, 0.29) is 17.5 Å². The minimum Gasteiger partial charge on any atom is -0.361 e. The topological polar surface area (TPSA) is 84.4 Å². The number of aromatic nitrogens is 2. The Hall–Kier alpha value is -2.97. The number of carbonyl (C=O) groups is 1. The van der Waals surface area contributed by atoms with Crippen LogP contribution < -0.4 is 11.2 Å². The lowest BCUT2D eigenvalue weighted by Crippen LogP contribution is -2.60. The second-order valence-electron chi connectivity index (χ2n) is 7.86. The van der Waals surface area contributed by atoms with E-state index in [1.165, 1.54) is 4.57 Å². The Bertz CT molecular complexity index is 1200. The molecule has 32 heavy (non-hydrogen) atoms. The predicted molar refractivity (Wildman–Crippen MR) is 124 cm³/mol. The molecule has 2 atom stereocenters. The quantitative estimate of drug-likeness (QED) is 0.484. The number of nitrogens with one attached hydrogen (secondary N) is 1. The second kappa shape index (κ2) is 9.67. The summed E-state index contributed by atoms with van der Waals surface area (Å²) < 4.78 is 8.46. The first-order chi connectivity index (χ1) is 15.4. The second-order valence-corrected chi connectivity index (χ2v) is 8.78. The van der Waals surface area contributed by atoms with Crippen molar-refractivity contribution < 1.29 is 9.53 Å². The van der Waals surface area contributed by atoms with Gasteiger partial charge in [0, 0.05) is 29.3 Å². The maximum atomic E-state index is 12.9. The first kappa shape index (κ1) is 22.2. The zero-order valence-electron chi connectivity index (χ0n) is 17.7. The van der Waals surface area contributed by atoms with Crippen molar-refractivity contribution in [2.24, 2.45) is 0 Å². The van der Waals surface area contributed by atoms with Crippen LogP contribution in [0.1, 0.15) is 29.2 Å². The summed E-state index contributed by atoms with van der Waals surface area (Å²) in [7, 11) is 0. The van der Waals surface area contributed by atoms with E-state index >= 15 is 0 Å². The number of likely N-dealkylation sites (tertiary alicyclic amines) is 1. The molecule has 166 valence electrons. The van der Waals surface area contributed by atoms with Gasteiger partial charge in [-0.3, -0.25) is 14.6 Å². The van der Waals surface area contributed by atoms with Crippen molar-refractivity contribution in [2.75, 3.05) is 6.54 Å². The standard InChI is InChI=1S/C24H24BrN3O4/c1-16-14-27(24(31)26-22(16)29)12-5-13-28-20(18-8-10-19(25)11-9-18)21(23(28)30)32-15-17-6-3-2-4-7-17/h2-4,6-11,14,20-21H,5,12-13,15H2,1H3,(H,26,29,31)/t20-,21+/m1/s1. The molecule has 1 saturated heterocycles. The highest BCUT2D eigenvalue weighted by atomic mass is 79.9. The Morgan fingerprint density at radius 2 is 1.72 bits per heavy atom. The van der Waals surface area contributed by atoms with E-state index in [0.717, 1.165) is 15.6 Å². The smallest absolute Gasteiger partial charge is 0.328 e. The molecule has 8 heteroatoms. The van der Waals surface area contributed by atoms with Gasteiger partial charge >= 0.3 is 5.69 Å². The van der Waals surface area contributed by atoms with Crippen molar-refractivity contribution in [3.63, 3.8) is 0 Å². The van der Waals surface area contributed by atoms with Crippen molar-refractivity contribution in [3.05, 3.63) is 103 Å². The third kappa shape index (κ3) is 4.76. The van der Waals surface area contributed by atoms with Crippen LogP contribution in [0.3, 0.4) is 0 Å². The average molecular weight is 498 g/mol. The maximum Gasteiger partial charge on any atom is 0.328 e. The molecule has 1 aliphatic heterocycles. The van der Waals surface area contributed by atoms with E-state index in [1.54, 1.807) is 18.0 Å². The molecule has 0 unspecified atom stereocenters. The zero-order valence-corrected chi connectivity index (χ0v) is 19.2. The van der Waals surface area contributed by atoms with Crippen LogP contribution in [0.25, 0.3) is 0 Å². The molecule has 1 amide bonds. The molecule has 0 aliphatic carbocycles. The molecule has 0 saturated carbocycles. The fourth-order valence-electron chi connectivity index (χ4n) is 3.90. The summed E-state index contributed by atoms with van der Waals surface area (Å²) in [5.74, 6) is -0.0566. The molecule has 1 fully saturated rings. The van der Waals surface area contributed by atoms with Crippen molar-refractivity contribution >= 4 is 21.8 Å². The molecule has 4 rings (SSSR count). The average Bonchev–Trinajstić information content (AvgIpc) is 2.79. The number of rotatable bonds is 8. The van der Waals surface area contributed by atoms with Gasteiger partial charge in [-0.15, -0.1) is 0 Å². The summed E-state index contributed by atoms with van der Waals surface area (Å²) in [6, 6.07) is 17.5. The fourth-order valence-corrected chi connectivity index (χ4v) is 4.16. The van der Waals surface area contributed by atoms with Crippen LogP contribution in [0.15, 0.2) is 74.9 Å². The van der Waals surface area contributed by atoms with Gasteiger partial charge in [-0.05, 0) is 36.6 Å². The molecule has 2 heterocycles. The van der Waals surface area contributed by atoms with Gasteiger partial charge < -0.3 is 14.2 Å². The van der Waals surface area contributed by atoms with Crippen LogP contribution in [0, 0.1) is 6.92 Å². The number of ether oxygens (including phenoxy) is 1. The van der Waals surface area contributed by atoms with Gasteiger partial charge in [0.15, 0.2) is 6.10 Å². The minimum absolute atomic E-state index is 0.0566. The van der Waals surface area contributed by atoms with Gasteiger partial charge in [0.05, 0.1) is 12.6 Å². The zero-order chi connectivity index (χ0) is 22.7. The Kier molecular flexibility index (Phi) is 6.72. The normalized spacial score (nSPS) is 17.9. The van der Waals surface area contributed by atoms with Crippen LogP contribution in [-0.4, -0.2) is 33.0 Å². The lowest BCUT2D eigenvalue weighted by molar-refractivity contribution is -0.177. The highest BCUT2D eigenvalue weighted by Gasteiger charge is 2.48. The number of aromatic amines is 1. The lowest BCUT2D eigenvalue weighted by atomic mass is 9.90. The number of hydrogen-bond donors (Lipinski definition) is 1. The molecular formula is C24H24BrN3O4. The van der Waals surface area contributed by atoms with Crippen molar-refractivity contribution in [1.82, 2.24) is 14.5 Å². The SMILES string of the molecule is Cc1cn(CCCN2C(=O)[C@@H](OCc3ccccc3)[C@H]2c2ccc(Br)cc2)c(=O)[nH]c1=O. The van der Waals surface area contributed by atoms with Crippen molar-refractivity contribution in [3.8, 4) is 0 Å². The third-order valence-corrected chi connectivity index (χ3v) is 6.15. The van der Waals surface area contributed by atoms with Gasteiger partial charge in [0.25, 0.3) is 11.5 Å². The van der Waals surface area contributed by atoms with Crippen LogP contribution >= 0.6 is 15.9 Å². The molecule has 7 nitrogen and oxygen atoms in total. The Balaban J connectivity index is 1.46. The minimum atomic E-state index is -0.547. The summed E-state index contributed by atoms with van der Waals surface area (Å²) in [4.78, 5) is 40.6. The van der Waals surface area contributed by atoms with E-state index in [4.69, 9.17) is 4.74 Å². The number of H-pyrrole nitrogens is 1. The molecular weight excluding hydrogens is 474 g/mol. The van der Waals surface area contributed by atoms with E-state index in [0.29, 0.717) is 31.7 Å². The number of amides is 1. The molecule has 2 aromatic carbocycles. The number of β-lactam (4-membered cyclic amide) rings is 1. The van der Waals surface area contributed by atoms with E-state index in [9.17, 15) is 14.4 Å². The largest absolute Gasteiger partial charge is 0.361 e. The monoisotopic (exact) mass is 497 g/mol. The van der Waals surface area contributed by atoms with Crippen LogP contribution in [0.4, 0.5) is 0 Å². The maximum absolute atomic E-state index is 12.9. The van der Waals surface area contributed by atoms with Gasteiger partial charge in [-0.25, -0.2) is 4.79 Å². The molecule has 1 N–H and O–H groups in total. The predicted octanol–water partition coefficient (Wildman–Crippen LogP) is 3.17. The Morgan fingerprint density at radius 1 is 1.00 bits per heavy atom. The molecule has 1 aliphatic rings. The van der Waals surface area contributed by atoms with Crippen LogP contribution in [0.5, 0.6) is 0 Å². The van der Waals surface area contributed by atoms with E-state index < -0.39 is 11.8 Å². The van der Waals surface area contributed by atoms with Crippen LogP contribution in [0.2, 0.25) is 0 Å². The van der Waals surface area contributed by atoms with Crippen molar-refractivity contribution in [2.45, 2.75) is 38.6 Å². The lowest BCUT2D eigenvalue weighted by Gasteiger charge is -2.47. The van der Waals surface area contributed by atoms with Gasteiger partial charge in [-0.2, -0.15) is 0 Å². The first-order valence-electron chi connectivity index (χ1n) is 10.5. The highest BCUT2D eigenvalue weighted by molar-refractivity contribution is 9.10. The van der Waals surface area contributed by atoms with E-state index in [2.05, 4.69) is 20.9 Å². The number of carbonyl (C=O) groups excluding carboxylic acids is 1. The summed E-state index contributed by atoms with van der Waals surface area (Å²) in [5, 5.41) is 0. The number of aryl methyl sites for hydroxylation is 2. The summed E-state index contributed by atoms with van der Waals surface area (Å²) in [6.45, 7) is 2.91. The summed E-state index contributed by atoms with van der Waals surface area (Å²) in [5.41, 5.74) is 1.68. The third-order valence-electron chi connectivity index (χ3n) is 5.62. The Labute approximate surface area is 193 Å². The molecule has 0 bridgehead atoms. The number of benzene rings is 2.